The van der Waals surface area contributed by atoms with Gasteiger partial charge in [0, 0.05) is 12.5 Å². The minimum Gasteiger partial charge on any atom is -0.378 e. The molecule has 0 amide bonds. The van der Waals surface area contributed by atoms with Crippen molar-refractivity contribution in [2.24, 2.45) is 0 Å². The second kappa shape index (κ2) is 3.43. The summed E-state index contributed by atoms with van der Waals surface area (Å²) in [7, 11) is 1.60. The maximum atomic E-state index is 10.1. The minimum absolute atomic E-state index is 0.477. The van der Waals surface area contributed by atoms with Crippen molar-refractivity contribution in [3.05, 3.63) is 16.1 Å². The van der Waals surface area contributed by atoms with E-state index in [-0.39, 0.29) is 0 Å². The Kier molecular flexibility index (Phi) is 2.53. The molecule has 4 heteroatoms. The standard InChI is InChI=1S/C6H7NO2S/c1-9-3-5-4-10-6(2-8)7-5/h2,4H,3H2,1H3. The number of aromatic nitrogens is 1. The van der Waals surface area contributed by atoms with Crippen molar-refractivity contribution < 1.29 is 9.53 Å². The van der Waals surface area contributed by atoms with E-state index in [1.807, 2.05) is 5.38 Å². The van der Waals surface area contributed by atoms with Crippen LogP contribution in [0.4, 0.5) is 0 Å². The molecular weight excluding hydrogens is 150 g/mol. The number of carbonyl (C=O) groups excluding carboxylic acids is 1. The Hall–Kier alpha value is -0.740. The Balaban J connectivity index is 2.68. The van der Waals surface area contributed by atoms with E-state index in [0.29, 0.717) is 11.6 Å². The van der Waals surface area contributed by atoms with Gasteiger partial charge in [0.2, 0.25) is 0 Å². The van der Waals surface area contributed by atoms with Gasteiger partial charge in [-0.2, -0.15) is 0 Å². The topological polar surface area (TPSA) is 39.2 Å². The van der Waals surface area contributed by atoms with Crippen LogP contribution in [0.5, 0.6) is 0 Å². The van der Waals surface area contributed by atoms with E-state index in [0.717, 1.165) is 12.0 Å². The summed E-state index contributed by atoms with van der Waals surface area (Å²) in [6.07, 6.45) is 0.740. The zero-order valence-corrected chi connectivity index (χ0v) is 6.35. The first-order valence-corrected chi connectivity index (χ1v) is 3.63. The molecule has 0 saturated heterocycles. The maximum absolute atomic E-state index is 10.1. The lowest BCUT2D eigenvalue weighted by atomic mass is 10.5. The number of rotatable bonds is 3. The van der Waals surface area contributed by atoms with Crippen LogP contribution in [0.25, 0.3) is 0 Å². The molecule has 0 aromatic carbocycles. The number of hydrogen-bond acceptors (Lipinski definition) is 4. The molecule has 10 heavy (non-hydrogen) atoms. The van der Waals surface area contributed by atoms with Gasteiger partial charge in [-0.3, -0.25) is 4.79 Å². The second-order valence-electron chi connectivity index (χ2n) is 1.73. The maximum Gasteiger partial charge on any atom is 0.178 e. The highest BCUT2D eigenvalue weighted by Crippen LogP contribution is 2.07. The quantitative estimate of drug-likeness (QED) is 0.617. The molecule has 3 nitrogen and oxygen atoms in total. The molecule has 0 atom stereocenters. The zero-order valence-electron chi connectivity index (χ0n) is 5.53. The van der Waals surface area contributed by atoms with Gasteiger partial charge in [-0.25, -0.2) is 4.98 Å². The molecule has 0 aliphatic heterocycles. The van der Waals surface area contributed by atoms with Crippen molar-refractivity contribution in [3.63, 3.8) is 0 Å². The number of ether oxygens (including phenoxy) is 1. The summed E-state index contributed by atoms with van der Waals surface area (Å²) in [6, 6.07) is 0. The van der Waals surface area contributed by atoms with Crippen molar-refractivity contribution in [2.45, 2.75) is 6.61 Å². The summed E-state index contributed by atoms with van der Waals surface area (Å²) in [6.45, 7) is 0.477. The number of hydrogen-bond donors (Lipinski definition) is 0. The Morgan fingerprint density at radius 1 is 1.90 bits per heavy atom. The highest BCUT2D eigenvalue weighted by Gasteiger charge is 1.97. The molecule has 1 rings (SSSR count). The van der Waals surface area contributed by atoms with Crippen molar-refractivity contribution in [2.75, 3.05) is 7.11 Å². The van der Waals surface area contributed by atoms with Crippen LogP contribution in [-0.2, 0) is 11.3 Å². The van der Waals surface area contributed by atoms with E-state index in [1.54, 1.807) is 7.11 Å². The number of aldehydes is 1. The minimum atomic E-state index is 0.477. The molecule has 54 valence electrons. The fourth-order valence-electron chi connectivity index (χ4n) is 0.591. The fraction of sp³-hybridized carbons (Fsp3) is 0.333. The molecule has 0 saturated carbocycles. The molecule has 0 aliphatic carbocycles. The average molecular weight is 157 g/mol. The number of nitrogens with zero attached hydrogens (tertiary/aromatic N) is 1. The fourth-order valence-corrected chi connectivity index (χ4v) is 1.19. The third kappa shape index (κ3) is 1.62. The lowest BCUT2D eigenvalue weighted by molar-refractivity contribution is 0.112. The van der Waals surface area contributed by atoms with Crippen molar-refractivity contribution >= 4 is 17.6 Å². The summed E-state index contributed by atoms with van der Waals surface area (Å²) in [5.74, 6) is 0. The first kappa shape index (κ1) is 7.37. The van der Waals surface area contributed by atoms with Crippen LogP contribution in [0, 0.1) is 0 Å². The average Bonchev–Trinajstić information content (AvgIpc) is 2.37. The number of thiazole rings is 1. The van der Waals surface area contributed by atoms with Gasteiger partial charge in [-0.05, 0) is 0 Å². The third-order valence-corrected chi connectivity index (χ3v) is 1.78. The first-order chi connectivity index (χ1) is 4.86. The second-order valence-corrected chi connectivity index (χ2v) is 2.62. The van der Waals surface area contributed by atoms with Crippen LogP contribution >= 0.6 is 11.3 Å². The highest BCUT2D eigenvalue weighted by molar-refractivity contribution is 7.11. The molecule has 0 fully saturated rings. The van der Waals surface area contributed by atoms with E-state index in [2.05, 4.69) is 4.98 Å². The van der Waals surface area contributed by atoms with E-state index < -0.39 is 0 Å². The molecule has 0 bridgehead atoms. The van der Waals surface area contributed by atoms with E-state index in [1.165, 1.54) is 11.3 Å². The van der Waals surface area contributed by atoms with Gasteiger partial charge in [-0.15, -0.1) is 11.3 Å². The lowest BCUT2D eigenvalue weighted by Crippen LogP contribution is -1.87. The van der Waals surface area contributed by atoms with Gasteiger partial charge >= 0.3 is 0 Å². The summed E-state index contributed by atoms with van der Waals surface area (Å²) >= 11 is 1.33. The van der Waals surface area contributed by atoms with Gasteiger partial charge in [0.25, 0.3) is 0 Å². The van der Waals surface area contributed by atoms with Gasteiger partial charge in [0.1, 0.15) is 0 Å². The molecule has 1 aromatic heterocycles. The Morgan fingerprint density at radius 2 is 2.70 bits per heavy atom. The predicted octanol–water partition coefficient (Wildman–Crippen LogP) is 1.10. The van der Waals surface area contributed by atoms with Crippen LogP contribution in [-0.4, -0.2) is 18.4 Å². The SMILES string of the molecule is COCc1csc(C=O)n1. The molecule has 1 aromatic rings. The van der Waals surface area contributed by atoms with Crippen LogP contribution in [0.3, 0.4) is 0 Å². The molecule has 0 spiro atoms. The number of methoxy groups -OCH3 is 1. The molecule has 0 radical (unpaired) electrons. The summed E-state index contributed by atoms with van der Waals surface area (Å²) < 4.78 is 4.81. The normalized spacial score (nSPS) is 9.70. The molecular formula is C6H7NO2S. The van der Waals surface area contributed by atoms with E-state index >= 15 is 0 Å². The van der Waals surface area contributed by atoms with Gasteiger partial charge in [-0.1, -0.05) is 0 Å². The Bertz CT molecular complexity index is 221. The monoisotopic (exact) mass is 157 g/mol. The van der Waals surface area contributed by atoms with Crippen LogP contribution in [0.2, 0.25) is 0 Å². The van der Waals surface area contributed by atoms with Crippen LogP contribution in [0.1, 0.15) is 15.5 Å². The lowest BCUT2D eigenvalue weighted by Gasteiger charge is -1.88. The number of carbonyl (C=O) groups is 1. The van der Waals surface area contributed by atoms with Crippen molar-refractivity contribution in [1.29, 1.82) is 0 Å². The van der Waals surface area contributed by atoms with Crippen LogP contribution < -0.4 is 0 Å². The highest BCUT2D eigenvalue weighted by atomic mass is 32.1. The van der Waals surface area contributed by atoms with Crippen molar-refractivity contribution in [1.82, 2.24) is 4.98 Å². The van der Waals surface area contributed by atoms with E-state index in [4.69, 9.17) is 4.74 Å². The Morgan fingerprint density at radius 3 is 3.20 bits per heavy atom. The van der Waals surface area contributed by atoms with Crippen LogP contribution in [0.15, 0.2) is 5.38 Å². The van der Waals surface area contributed by atoms with Crippen molar-refractivity contribution in [3.8, 4) is 0 Å². The van der Waals surface area contributed by atoms with Gasteiger partial charge in [0.15, 0.2) is 11.3 Å². The zero-order chi connectivity index (χ0) is 7.40. The smallest absolute Gasteiger partial charge is 0.178 e. The summed E-state index contributed by atoms with van der Waals surface area (Å²) in [5, 5.41) is 2.32. The molecule has 1 heterocycles. The summed E-state index contributed by atoms with van der Waals surface area (Å²) in [4.78, 5) is 14.1. The molecule has 0 N–H and O–H groups in total. The first-order valence-electron chi connectivity index (χ1n) is 2.75. The Labute approximate surface area is 62.7 Å². The molecule has 0 aliphatic rings. The predicted molar refractivity (Wildman–Crippen MR) is 38.2 cm³/mol. The van der Waals surface area contributed by atoms with Gasteiger partial charge < -0.3 is 4.74 Å². The largest absolute Gasteiger partial charge is 0.378 e. The molecule has 0 unspecified atom stereocenters. The third-order valence-electron chi connectivity index (χ3n) is 0.963. The summed E-state index contributed by atoms with van der Waals surface area (Å²) in [5.41, 5.74) is 0.814. The van der Waals surface area contributed by atoms with E-state index in [9.17, 15) is 4.79 Å². The van der Waals surface area contributed by atoms with Gasteiger partial charge in [0.05, 0.1) is 12.3 Å².